The van der Waals surface area contributed by atoms with Gasteiger partial charge in [-0.05, 0) is 19.4 Å². The molecular weight excluding hydrogens is 296 g/mol. The summed E-state index contributed by atoms with van der Waals surface area (Å²) in [6.07, 6.45) is 1.17. The normalized spacial score (nSPS) is 27.9. The van der Waals surface area contributed by atoms with Gasteiger partial charge in [-0.15, -0.1) is 0 Å². The lowest BCUT2D eigenvalue weighted by molar-refractivity contribution is -0.385. The van der Waals surface area contributed by atoms with Gasteiger partial charge in [0.2, 0.25) is 0 Å². The number of carbonyl (C=O) groups is 1. The number of nitro benzene ring substituents is 1. The highest BCUT2D eigenvalue weighted by Gasteiger charge is 2.61. The molecule has 1 saturated heterocycles. The maximum Gasteiger partial charge on any atom is 0.273 e. The number of carbonyl (C=O) groups excluding carboxylic acids is 1. The molecule has 6 heteroatoms. The lowest BCUT2D eigenvalue weighted by Crippen LogP contribution is -2.66. The van der Waals surface area contributed by atoms with E-state index < -0.39 is 4.92 Å². The van der Waals surface area contributed by atoms with Crippen LogP contribution in [0.15, 0.2) is 18.2 Å². The Bertz CT molecular complexity index is 671. The molecule has 0 radical (unpaired) electrons. The second kappa shape index (κ2) is 5.30. The van der Waals surface area contributed by atoms with Crippen LogP contribution in [0, 0.1) is 28.4 Å². The molecule has 1 aliphatic carbocycles. The third kappa shape index (κ3) is 2.24. The number of benzene rings is 1. The van der Waals surface area contributed by atoms with E-state index >= 15 is 0 Å². The molecule has 1 aromatic rings. The molecule has 3 atom stereocenters. The number of rotatable bonds is 3. The largest absolute Gasteiger partial charge is 0.377 e. The second-order valence-electron chi connectivity index (χ2n) is 7.13. The van der Waals surface area contributed by atoms with Crippen molar-refractivity contribution in [3.63, 3.8) is 0 Å². The molecule has 6 nitrogen and oxygen atoms in total. The predicted octanol–water partition coefficient (Wildman–Crippen LogP) is 2.79. The number of ether oxygens (including phenoxy) is 1. The van der Waals surface area contributed by atoms with Crippen molar-refractivity contribution >= 4 is 11.6 Å². The topological polar surface area (TPSA) is 72.7 Å². The van der Waals surface area contributed by atoms with Crippen LogP contribution in [-0.2, 0) is 4.74 Å². The van der Waals surface area contributed by atoms with E-state index in [1.54, 1.807) is 31.0 Å². The molecule has 1 aromatic carbocycles. The highest BCUT2D eigenvalue weighted by atomic mass is 16.6. The lowest BCUT2D eigenvalue weighted by atomic mass is 9.56. The molecule has 3 rings (SSSR count). The van der Waals surface area contributed by atoms with Crippen molar-refractivity contribution in [3.8, 4) is 0 Å². The monoisotopic (exact) mass is 318 g/mol. The summed E-state index contributed by atoms with van der Waals surface area (Å²) in [4.78, 5) is 25.3. The third-order valence-electron chi connectivity index (χ3n) is 5.51. The molecule has 1 heterocycles. The molecule has 0 unspecified atom stereocenters. The fourth-order valence-electron chi connectivity index (χ4n) is 4.45. The second-order valence-corrected chi connectivity index (χ2v) is 7.13. The summed E-state index contributed by atoms with van der Waals surface area (Å²) in [6.45, 7) is 6.61. The number of fused-ring (bicyclic) bond motifs is 1. The number of amides is 1. The summed E-state index contributed by atoms with van der Waals surface area (Å²) in [5.41, 5.74) is 0.713. The Balaban J connectivity index is 1.89. The molecule has 0 aromatic heterocycles. The predicted molar refractivity (Wildman–Crippen MR) is 85.3 cm³/mol. The van der Waals surface area contributed by atoms with E-state index in [1.165, 1.54) is 6.07 Å². The molecule has 124 valence electrons. The molecule has 0 spiro atoms. The standard InChI is InChI=1S/C17H22N2O4/c1-10-11(6-5-7-13(10)19(21)22)16(20)18(4)14-12-8-9-23-15(12)17(14,2)3/h5-7,12,14-15H,8-9H2,1-4H3/t12-,14+,15-/m0/s1. The van der Waals surface area contributed by atoms with Crippen LogP contribution in [0.25, 0.3) is 0 Å². The quantitative estimate of drug-likeness (QED) is 0.634. The zero-order valence-corrected chi connectivity index (χ0v) is 13.9. The Kier molecular flexibility index (Phi) is 3.67. The Morgan fingerprint density at radius 1 is 1.43 bits per heavy atom. The van der Waals surface area contributed by atoms with Gasteiger partial charge in [0.25, 0.3) is 11.6 Å². The first kappa shape index (κ1) is 15.9. The summed E-state index contributed by atoms with van der Waals surface area (Å²) in [5, 5.41) is 11.1. The number of hydrogen-bond donors (Lipinski definition) is 0. The molecule has 0 bridgehead atoms. The highest BCUT2D eigenvalue weighted by Crippen LogP contribution is 2.54. The number of nitrogens with zero attached hydrogens (tertiary/aromatic N) is 2. The van der Waals surface area contributed by atoms with Crippen LogP contribution in [-0.4, -0.2) is 41.5 Å². The molecule has 2 aliphatic rings. The lowest BCUT2D eigenvalue weighted by Gasteiger charge is -2.57. The molecule has 23 heavy (non-hydrogen) atoms. The Labute approximate surface area is 135 Å². The molecule has 1 amide bonds. The highest BCUT2D eigenvalue weighted by molar-refractivity contribution is 5.96. The van der Waals surface area contributed by atoms with Gasteiger partial charge in [0.15, 0.2) is 0 Å². The van der Waals surface area contributed by atoms with Crippen molar-refractivity contribution in [1.82, 2.24) is 4.90 Å². The maximum absolute atomic E-state index is 12.9. The average Bonchev–Trinajstić information content (AvgIpc) is 2.92. The molecule has 0 N–H and O–H groups in total. The van der Waals surface area contributed by atoms with Crippen LogP contribution in [0.2, 0.25) is 0 Å². The first-order chi connectivity index (χ1) is 10.8. The molecule has 2 fully saturated rings. The summed E-state index contributed by atoms with van der Waals surface area (Å²) >= 11 is 0. The minimum Gasteiger partial charge on any atom is -0.377 e. The van der Waals surface area contributed by atoms with E-state index in [4.69, 9.17) is 4.74 Å². The number of nitro groups is 1. The fraction of sp³-hybridized carbons (Fsp3) is 0.588. The van der Waals surface area contributed by atoms with E-state index in [-0.39, 0.29) is 29.2 Å². The molecular formula is C17H22N2O4. The van der Waals surface area contributed by atoms with Crippen LogP contribution in [0.5, 0.6) is 0 Å². The van der Waals surface area contributed by atoms with Crippen molar-refractivity contribution < 1.29 is 14.5 Å². The minimum atomic E-state index is -0.444. The van der Waals surface area contributed by atoms with Crippen molar-refractivity contribution in [3.05, 3.63) is 39.4 Å². The molecule has 1 saturated carbocycles. The Morgan fingerprint density at radius 3 is 2.78 bits per heavy atom. The van der Waals surface area contributed by atoms with E-state index in [0.29, 0.717) is 17.0 Å². The maximum atomic E-state index is 12.9. The van der Waals surface area contributed by atoms with Gasteiger partial charge in [-0.3, -0.25) is 14.9 Å². The van der Waals surface area contributed by atoms with Gasteiger partial charge >= 0.3 is 0 Å². The Hall–Kier alpha value is -1.95. The Morgan fingerprint density at radius 2 is 2.13 bits per heavy atom. The first-order valence-corrected chi connectivity index (χ1v) is 7.89. The summed E-state index contributed by atoms with van der Waals surface area (Å²) < 4.78 is 5.78. The van der Waals surface area contributed by atoms with Crippen LogP contribution in [0.3, 0.4) is 0 Å². The summed E-state index contributed by atoms with van der Waals surface area (Å²) in [5.74, 6) is 0.201. The van der Waals surface area contributed by atoms with Crippen molar-refractivity contribution in [2.45, 2.75) is 39.3 Å². The average molecular weight is 318 g/mol. The van der Waals surface area contributed by atoms with Crippen LogP contribution in [0.1, 0.15) is 36.2 Å². The van der Waals surface area contributed by atoms with Crippen LogP contribution < -0.4 is 0 Å². The van der Waals surface area contributed by atoms with Crippen molar-refractivity contribution in [2.24, 2.45) is 11.3 Å². The van der Waals surface area contributed by atoms with E-state index in [2.05, 4.69) is 13.8 Å². The van der Waals surface area contributed by atoms with Gasteiger partial charge in [0.1, 0.15) is 0 Å². The molecule has 1 aliphatic heterocycles. The SMILES string of the molecule is Cc1c(C(=O)N(C)[C@@H]2[C@@H]3CCO[C@@H]3C2(C)C)cccc1[N+](=O)[O-]. The van der Waals surface area contributed by atoms with Crippen molar-refractivity contribution in [1.29, 1.82) is 0 Å². The zero-order valence-electron chi connectivity index (χ0n) is 13.9. The van der Waals surface area contributed by atoms with Gasteiger partial charge in [-0.2, -0.15) is 0 Å². The minimum absolute atomic E-state index is 0.0146. The van der Waals surface area contributed by atoms with E-state index in [0.717, 1.165) is 13.0 Å². The van der Waals surface area contributed by atoms with E-state index in [9.17, 15) is 14.9 Å². The van der Waals surface area contributed by atoms with Gasteiger partial charge < -0.3 is 9.64 Å². The van der Waals surface area contributed by atoms with Gasteiger partial charge in [0, 0.05) is 48.2 Å². The van der Waals surface area contributed by atoms with Crippen LogP contribution >= 0.6 is 0 Å². The zero-order chi connectivity index (χ0) is 16.9. The van der Waals surface area contributed by atoms with Gasteiger partial charge in [-0.25, -0.2) is 0 Å². The smallest absolute Gasteiger partial charge is 0.273 e. The van der Waals surface area contributed by atoms with Gasteiger partial charge in [-0.1, -0.05) is 19.9 Å². The first-order valence-electron chi connectivity index (χ1n) is 7.89. The van der Waals surface area contributed by atoms with Gasteiger partial charge in [0.05, 0.1) is 11.0 Å². The summed E-state index contributed by atoms with van der Waals surface area (Å²) in [6, 6.07) is 4.76. The van der Waals surface area contributed by atoms with E-state index in [1.807, 2.05) is 0 Å². The third-order valence-corrected chi connectivity index (χ3v) is 5.51. The number of hydrogen-bond acceptors (Lipinski definition) is 4. The van der Waals surface area contributed by atoms with Crippen molar-refractivity contribution in [2.75, 3.05) is 13.7 Å². The van der Waals surface area contributed by atoms with Crippen LogP contribution in [0.4, 0.5) is 5.69 Å². The fourth-order valence-corrected chi connectivity index (χ4v) is 4.45. The summed E-state index contributed by atoms with van der Waals surface area (Å²) in [7, 11) is 1.79.